The minimum Gasteiger partial charge on any atom is -0.465 e. The van der Waals surface area contributed by atoms with E-state index in [0.717, 1.165) is 41.7 Å². The van der Waals surface area contributed by atoms with Crippen LogP contribution in [0.1, 0.15) is 66.8 Å². The number of aliphatic imine (C=N–C) groups is 1. The highest BCUT2D eigenvalue weighted by Crippen LogP contribution is 2.42. The molecule has 0 bridgehead atoms. The van der Waals surface area contributed by atoms with Gasteiger partial charge in [-0.25, -0.2) is 9.78 Å². The second-order valence-electron chi connectivity index (χ2n) is 10.3. The highest BCUT2D eigenvalue weighted by Gasteiger charge is 2.42. The number of esters is 1. The summed E-state index contributed by atoms with van der Waals surface area (Å²) in [4.78, 5) is 21.2. The molecule has 2 aromatic rings. The predicted octanol–water partition coefficient (Wildman–Crippen LogP) is 6.74. The van der Waals surface area contributed by atoms with Gasteiger partial charge in [0.1, 0.15) is 5.15 Å². The van der Waals surface area contributed by atoms with Crippen LogP contribution in [0.2, 0.25) is 23.3 Å². The van der Waals surface area contributed by atoms with Crippen LogP contribution in [0.15, 0.2) is 41.5 Å². The van der Waals surface area contributed by atoms with Crippen molar-refractivity contribution >= 4 is 31.6 Å². The minimum atomic E-state index is -2.04. The van der Waals surface area contributed by atoms with E-state index in [1.54, 1.807) is 12.1 Å². The monoisotopic (exact) mass is 486 g/mol. The smallest absolute Gasteiger partial charge is 0.337 e. The first-order valence-electron chi connectivity index (χ1n) is 11.4. The maximum absolute atomic E-state index is 11.7. The second-order valence-corrected chi connectivity index (χ2v) is 15.5. The molecule has 0 radical (unpaired) electrons. The number of hydrogen-bond acceptors (Lipinski definition) is 5. The quantitative estimate of drug-likeness (QED) is 0.247. The van der Waals surface area contributed by atoms with Crippen molar-refractivity contribution in [2.45, 2.75) is 77.2 Å². The molecular formula is C26H35ClN2O3Si. The van der Waals surface area contributed by atoms with E-state index in [9.17, 15) is 4.79 Å². The van der Waals surface area contributed by atoms with Gasteiger partial charge in [0.15, 0.2) is 8.32 Å². The lowest BCUT2D eigenvalue weighted by Crippen LogP contribution is -2.43. The number of nitrogens with zero attached hydrogens (tertiary/aromatic N) is 2. The molecule has 2 unspecified atom stereocenters. The fourth-order valence-corrected chi connectivity index (χ4v) is 5.13. The van der Waals surface area contributed by atoms with Crippen LogP contribution in [0.4, 0.5) is 0 Å². The number of carbonyl (C=O) groups is 1. The Morgan fingerprint density at radius 3 is 2.48 bits per heavy atom. The van der Waals surface area contributed by atoms with Crippen LogP contribution in [-0.4, -0.2) is 38.1 Å². The molecule has 178 valence electrons. The maximum Gasteiger partial charge on any atom is 0.337 e. The highest BCUT2D eigenvalue weighted by atomic mass is 35.5. The van der Waals surface area contributed by atoms with Crippen molar-refractivity contribution in [2.75, 3.05) is 7.11 Å². The van der Waals surface area contributed by atoms with Gasteiger partial charge in [-0.3, -0.25) is 4.99 Å². The van der Waals surface area contributed by atoms with Crippen molar-refractivity contribution in [1.29, 1.82) is 0 Å². The summed E-state index contributed by atoms with van der Waals surface area (Å²) >= 11 is 6.20. The summed E-state index contributed by atoms with van der Waals surface area (Å²) in [6, 6.07) is 9.69. The van der Waals surface area contributed by atoms with Gasteiger partial charge in [-0.15, -0.1) is 0 Å². The first kappa shape index (κ1) is 25.6. The van der Waals surface area contributed by atoms with Crippen molar-refractivity contribution in [1.82, 2.24) is 4.98 Å². The molecular weight excluding hydrogens is 452 g/mol. The second kappa shape index (κ2) is 10.1. The number of rotatable bonds is 7. The van der Waals surface area contributed by atoms with Crippen molar-refractivity contribution in [3.63, 3.8) is 0 Å². The van der Waals surface area contributed by atoms with Crippen molar-refractivity contribution < 1.29 is 14.0 Å². The van der Waals surface area contributed by atoms with Gasteiger partial charge in [0.2, 0.25) is 0 Å². The maximum atomic E-state index is 11.7. The van der Waals surface area contributed by atoms with E-state index in [1.807, 2.05) is 25.3 Å². The molecule has 1 aliphatic heterocycles. The fourth-order valence-electron chi connectivity index (χ4n) is 3.74. The molecule has 2 heterocycles. The topological polar surface area (TPSA) is 60.8 Å². The van der Waals surface area contributed by atoms with Gasteiger partial charge in [-0.2, -0.15) is 0 Å². The Kier molecular flexibility index (Phi) is 7.82. The number of pyridine rings is 1. The Balaban J connectivity index is 1.85. The summed E-state index contributed by atoms with van der Waals surface area (Å²) in [6.45, 7) is 13.3. The van der Waals surface area contributed by atoms with Gasteiger partial charge >= 0.3 is 5.97 Å². The zero-order valence-electron chi connectivity index (χ0n) is 20.7. The molecule has 0 aliphatic carbocycles. The molecule has 1 aromatic heterocycles. The van der Waals surface area contributed by atoms with Gasteiger partial charge < -0.3 is 9.16 Å². The average molecular weight is 487 g/mol. The minimum absolute atomic E-state index is 0.0471. The Morgan fingerprint density at radius 1 is 1.24 bits per heavy atom. The Labute approximate surface area is 203 Å². The van der Waals surface area contributed by atoms with E-state index < -0.39 is 8.32 Å². The molecule has 0 N–H and O–H groups in total. The molecule has 0 spiro atoms. The van der Waals surface area contributed by atoms with Crippen LogP contribution in [0.25, 0.3) is 0 Å². The molecule has 3 rings (SSSR count). The number of ether oxygens (including phenoxy) is 1. The lowest BCUT2D eigenvalue weighted by atomic mass is 10.00. The van der Waals surface area contributed by atoms with Crippen molar-refractivity contribution in [3.05, 3.63) is 63.9 Å². The third-order valence-electron chi connectivity index (χ3n) is 6.80. The number of halogens is 1. The molecule has 0 saturated heterocycles. The normalized spacial score (nSPS) is 17.6. The van der Waals surface area contributed by atoms with E-state index in [4.69, 9.17) is 25.8 Å². The molecule has 0 saturated carbocycles. The van der Waals surface area contributed by atoms with E-state index >= 15 is 0 Å². The van der Waals surface area contributed by atoms with E-state index in [2.05, 4.69) is 44.9 Å². The Hall–Kier alpha value is -2.02. The molecule has 7 heteroatoms. The first-order chi connectivity index (χ1) is 15.4. The van der Waals surface area contributed by atoms with Crippen LogP contribution >= 0.6 is 11.6 Å². The van der Waals surface area contributed by atoms with E-state index in [1.165, 1.54) is 7.11 Å². The number of aromatic nitrogens is 1. The summed E-state index contributed by atoms with van der Waals surface area (Å²) in [7, 11) is -0.648. The third kappa shape index (κ3) is 6.11. The fraction of sp³-hybridized carbons (Fsp3) is 0.500. The van der Waals surface area contributed by atoms with Crippen molar-refractivity contribution in [2.24, 2.45) is 4.99 Å². The predicted molar refractivity (Wildman–Crippen MR) is 137 cm³/mol. The molecule has 2 atom stereocenters. The van der Waals surface area contributed by atoms with Gasteiger partial charge in [-0.05, 0) is 67.2 Å². The molecule has 5 nitrogen and oxygen atoms in total. The molecule has 1 aliphatic rings. The van der Waals surface area contributed by atoms with Gasteiger partial charge in [0.25, 0.3) is 0 Å². The van der Waals surface area contributed by atoms with Crippen LogP contribution in [0.5, 0.6) is 0 Å². The van der Waals surface area contributed by atoms with Crippen LogP contribution in [-0.2, 0) is 15.6 Å². The third-order valence-corrected chi connectivity index (χ3v) is 11.7. The zero-order chi connectivity index (χ0) is 24.4. The number of benzene rings is 1. The van der Waals surface area contributed by atoms with Crippen LogP contribution < -0.4 is 0 Å². The number of hydrogen-bond donors (Lipinski definition) is 0. The SMILES string of the molecule is COC(=O)c1ccc(CC2=NC(C(O[Si](C)(C)C(C)(C)C)c3cnc(Cl)c(C)c3)CC2)cc1. The Morgan fingerprint density at radius 2 is 1.91 bits per heavy atom. The molecule has 0 amide bonds. The highest BCUT2D eigenvalue weighted by molar-refractivity contribution is 6.74. The van der Waals surface area contributed by atoms with E-state index in [0.29, 0.717) is 10.7 Å². The summed E-state index contributed by atoms with van der Waals surface area (Å²) in [5.41, 5.74) is 4.84. The zero-order valence-corrected chi connectivity index (χ0v) is 22.5. The molecule has 33 heavy (non-hydrogen) atoms. The van der Waals surface area contributed by atoms with Crippen LogP contribution in [0.3, 0.4) is 0 Å². The van der Waals surface area contributed by atoms with Crippen molar-refractivity contribution in [3.8, 4) is 0 Å². The molecule has 0 fully saturated rings. The summed E-state index contributed by atoms with van der Waals surface area (Å²) in [5, 5.41) is 0.614. The Bertz CT molecular complexity index is 1030. The lowest BCUT2D eigenvalue weighted by Gasteiger charge is -2.40. The number of aryl methyl sites for hydroxylation is 1. The van der Waals surface area contributed by atoms with Crippen LogP contribution in [0, 0.1) is 6.92 Å². The van der Waals surface area contributed by atoms with Gasteiger partial charge in [0, 0.05) is 23.9 Å². The average Bonchev–Trinajstić information content (AvgIpc) is 3.21. The lowest BCUT2D eigenvalue weighted by molar-refractivity contribution is 0.0600. The van der Waals surface area contributed by atoms with E-state index in [-0.39, 0.29) is 23.2 Å². The summed E-state index contributed by atoms with van der Waals surface area (Å²) in [5.74, 6) is -0.322. The molecule has 1 aromatic carbocycles. The summed E-state index contributed by atoms with van der Waals surface area (Å²) < 4.78 is 11.7. The first-order valence-corrected chi connectivity index (χ1v) is 14.7. The number of methoxy groups -OCH3 is 1. The van der Waals surface area contributed by atoms with Gasteiger partial charge in [0.05, 0.1) is 24.8 Å². The standard InChI is InChI=1S/C26H35ClN2O3Si/c1-17-14-20(16-28-24(17)27)23(32-33(6,7)26(2,3)4)22-13-12-21(29-22)15-18-8-10-19(11-9-18)25(30)31-5/h8-11,14,16,22-23H,12-13,15H2,1-7H3. The van der Waals surface area contributed by atoms with Gasteiger partial charge in [-0.1, -0.05) is 44.5 Å². The number of carbonyl (C=O) groups excluding carboxylic acids is 1. The summed E-state index contributed by atoms with van der Waals surface area (Å²) in [6.07, 6.45) is 4.33. The largest absolute Gasteiger partial charge is 0.465 e.